The van der Waals surface area contributed by atoms with E-state index in [0.717, 1.165) is 31.7 Å². The minimum Gasteiger partial charge on any atom is -0.489 e. The van der Waals surface area contributed by atoms with Crippen LogP contribution in [0.25, 0.3) is 11.0 Å². The highest BCUT2D eigenvalue weighted by Gasteiger charge is 2.18. The predicted octanol–water partition coefficient (Wildman–Crippen LogP) is 3.45. The van der Waals surface area contributed by atoms with E-state index in [9.17, 15) is 24.4 Å². The average Bonchev–Trinajstić information content (AvgIpc) is 3.09. The van der Waals surface area contributed by atoms with Gasteiger partial charge in [-0.2, -0.15) is 10.2 Å². The maximum atomic E-state index is 13.0. The molecule has 0 aliphatic heterocycles. The zero-order valence-electron chi connectivity index (χ0n) is 27.2. The van der Waals surface area contributed by atoms with Crippen LogP contribution in [0, 0.1) is 11.8 Å². The van der Waals surface area contributed by atoms with Crippen LogP contribution < -0.4 is 26.5 Å². The Bertz CT molecular complexity index is 2010. The molecule has 0 aliphatic rings. The average molecular weight is 662 g/mol. The van der Waals surface area contributed by atoms with Gasteiger partial charge in [-0.25, -0.2) is 10.9 Å². The molecule has 12 nitrogen and oxygen atoms in total. The van der Waals surface area contributed by atoms with E-state index in [1.807, 2.05) is 6.92 Å². The lowest BCUT2D eigenvalue weighted by Crippen LogP contribution is -2.30. The number of rotatable bonds is 14. The number of nitrogens with zero attached hydrogens (tertiary/aromatic N) is 3. The highest BCUT2D eigenvalue weighted by atomic mass is 16.5. The summed E-state index contributed by atoms with van der Waals surface area (Å²) in [6.07, 6.45) is 11.2. The number of ether oxygens (including phenoxy) is 1. The van der Waals surface area contributed by atoms with E-state index in [1.54, 1.807) is 36.5 Å². The van der Waals surface area contributed by atoms with E-state index in [2.05, 4.69) is 51.4 Å². The summed E-state index contributed by atoms with van der Waals surface area (Å²) in [5, 5.41) is 27.9. The number of aryl methyl sites for hydroxylation is 1. The van der Waals surface area contributed by atoms with Crippen LogP contribution >= 0.6 is 0 Å². The highest BCUT2D eigenvalue weighted by molar-refractivity contribution is 6.58. The highest BCUT2D eigenvalue weighted by Crippen LogP contribution is 2.29. The maximum Gasteiger partial charge on any atom is 0.488 e. The summed E-state index contributed by atoms with van der Waals surface area (Å²) >= 11 is 0. The number of hydrazone groups is 2. The van der Waals surface area contributed by atoms with Gasteiger partial charge in [0.15, 0.2) is 11.2 Å². The quantitative estimate of drug-likeness (QED) is 0.0397. The smallest absolute Gasteiger partial charge is 0.488 e. The molecule has 0 saturated carbocycles. The van der Waals surface area contributed by atoms with Crippen molar-refractivity contribution >= 4 is 47.8 Å². The molecule has 2 aromatic carbocycles. The van der Waals surface area contributed by atoms with Crippen LogP contribution in [0.15, 0.2) is 86.9 Å². The molecular formula is C36H36BN5O7. The molecule has 0 aliphatic carbocycles. The van der Waals surface area contributed by atoms with Crippen molar-refractivity contribution < 1.29 is 28.8 Å². The van der Waals surface area contributed by atoms with Gasteiger partial charge in [0.25, 0.3) is 5.91 Å². The molecule has 0 saturated heterocycles. The molecule has 2 amide bonds. The Morgan fingerprint density at radius 3 is 2.43 bits per heavy atom. The van der Waals surface area contributed by atoms with E-state index in [4.69, 9.17) is 9.15 Å². The van der Waals surface area contributed by atoms with Gasteiger partial charge < -0.3 is 19.2 Å². The van der Waals surface area contributed by atoms with E-state index >= 15 is 0 Å². The summed E-state index contributed by atoms with van der Waals surface area (Å²) in [5.74, 6) is 5.05. The molecule has 2 heterocycles. The van der Waals surface area contributed by atoms with Gasteiger partial charge in [0.05, 0.1) is 23.4 Å². The minimum absolute atomic E-state index is 0.111. The summed E-state index contributed by atoms with van der Waals surface area (Å²) in [5.41, 5.74) is 7.02. The molecule has 49 heavy (non-hydrogen) atoms. The summed E-state index contributed by atoms with van der Waals surface area (Å²) in [6, 6.07) is 10.5. The number of aromatic nitrogens is 1. The van der Waals surface area contributed by atoms with Gasteiger partial charge in [0.1, 0.15) is 17.9 Å². The van der Waals surface area contributed by atoms with Gasteiger partial charge in [-0.3, -0.25) is 19.4 Å². The normalized spacial score (nSPS) is 10.9. The lowest BCUT2D eigenvalue weighted by atomic mass is 9.79. The Morgan fingerprint density at radius 2 is 1.76 bits per heavy atom. The molecule has 2 aromatic heterocycles. The predicted molar refractivity (Wildman–Crippen MR) is 189 cm³/mol. The van der Waals surface area contributed by atoms with Crippen LogP contribution in [0.1, 0.15) is 82.7 Å². The van der Waals surface area contributed by atoms with Crippen molar-refractivity contribution in [3.63, 3.8) is 0 Å². The van der Waals surface area contributed by atoms with Gasteiger partial charge in [-0.1, -0.05) is 63.3 Å². The third-order valence-corrected chi connectivity index (χ3v) is 6.98. The largest absolute Gasteiger partial charge is 0.489 e. The number of carbonyl (C=O) groups excluding carboxylic acids is 2. The fraction of sp³-hybridized carbons (Fsp3) is 0.222. The zero-order valence-corrected chi connectivity index (χ0v) is 27.2. The number of amides is 2. The van der Waals surface area contributed by atoms with Crippen LogP contribution in [0.5, 0.6) is 5.75 Å². The van der Waals surface area contributed by atoms with Crippen LogP contribution in [0.3, 0.4) is 0 Å². The topological polar surface area (TPSA) is 176 Å². The van der Waals surface area contributed by atoms with E-state index in [1.165, 1.54) is 30.8 Å². The molecule has 4 N–H and O–H groups in total. The minimum atomic E-state index is -1.82. The second kappa shape index (κ2) is 17.9. The van der Waals surface area contributed by atoms with E-state index in [-0.39, 0.29) is 29.0 Å². The molecule has 0 unspecified atom stereocenters. The van der Waals surface area contributed by atoms with Crippen LogP contribution in [-0.2, 0) is 6.42 Å². The third-order valence-electron chi connectivity index (χ3n) is 6.98. The van der Waals surface area contributed by atoms with Crippen molar-refractivity contribution in [3.05, 3.63) is 111 Å². The molecule has 13 heteroatoms. The third kappa shape index (κ3) is 10.1. The van der Waals surface area contributed by atoms with E-state index in [0.29, 0.717) is 39.8 Å². The number of benzene rings is 2. The lowest BCUT2D eigenvalue weighted by Gasteiger charge is -2.12. The van der Waals surface area contributed by atoms with Gasteiger partial charge >= 0.3 is 13.0 Å². The summed E-state index contributed by atoms with van der Waals surface area (Å²) < 4.78 is 11.6. The Morgan fingerprint density at radius 1 is 1.02 bits per heavy atom. The number of unbranched alkanes of at least 4 members (excludes halogenated alkanes) is 2. The first-order valence-corrected chi connectivity index (χ1v) is 15.7. The SMILES string of the molecule is C=CCOc1ccc2c(=O)cc(C(=O)N/N=C/c3cc(/C=N/NC(=O)c4cncc(C#CCCCC)c4)cc(B(O)O)c3)oc2c1CCC. The number of nitrogens with one attached hydrogen (secondary N) is 2. The first-order valence-electron chi connectivity index (χ1n) is 15.7. The Kier molecular flexibility index (Phi) is 13.2. The van der Waals surface area contributed by atoms with Crippen LogP contribution in [-0.4, -0.2) is 53.0 Å². The van der Waals surface area contributed by atoms with Gasteiger partial charge in [-0.15, -0.1) is 0 Å². The molecule has 0 spiro atoms. The fourth-order valence-electron chi connectivity index (χ4n) is 4.65. The number of carbonyl (C=O) groups is 2. The Labute approximate surface area is 283 Å². The van der Waals surface area contributed by atoms with Crippen molar-refractivity contribution in [2.45, 2.75) is 46.0 Å². The summed E-state index contributed by atoms with van der Waals surface area (Å²) in [4.78, 5) is 42.5. The monoisotopic (exact) mass is 661 g/mol. The molecule has 4 rings (SSSR count). The Hall–Kier alpha value is -5.84. The van der Waals surface area contributed by atoms with Crippen molar-refractivity contribution in [2.24, 2.45) is 10.2 Å². The number of fused-ring (bicyclic) bond motifs is 1. The van der Waals surface area contributed by atoms with E-state index < -0.39 is 24.4 Å². The first-order chi connectivity index (χ1) is 23.7. The molecule has 0 bridgehead atoms. The number of hydrogen-bond donors (Lipinski definition) is 4. The number of pyridine rings is 1. The molecule has 0 fully saturated rings. The summed E-state index contributed by atoms with van der Waals surface area (Å²) in [6.45, 7) is 7.98. The number of hydrogen-bond acceptors (Lipinski definition) is 10. The second-order valence-corrected chi connectivity index (χ2v) is 10.8. The Balaban J connectivity index is 1.49. The maximum absolute atomic E-state index is 13.0. The first kappa shape index (κ1) is 36.0. The molecule has 0 atom stereocenters. The van der Waals surface area contributed by atoms with Crippen molar-refractivity contribution in [3.8, 4) is 17.6 Å². The zero-order chi connectivity index (χ0) is 35.2. The molecular weight excluding hydrogens is 625 g/mol. The molecule has 250 valence electrons. The molecule has 0 radical (unpaired) electrons. The van der Waals surface area contributed by atoms with Crippen molar-refractivity contribution in [1.29, 1.82) is 0 Å². The molecule has 4 aromatic rings. The fourth-order valence-corrected chi connectivity index (χ4v) is 4.65. The van der Waals surface area contributed by atoms with Gasteiger partial charge in [0.2, 0.25) is 0 Å². The van der Waals surface area contributed by atoms with Gasteiger partial charge in [-0.05, 0) is 53.7 Å². The summed E-state index contributed by atoms with van der Waals surface area (Å²) in [7, 11) is -1.82. The lowest BCUT2D eigenvalue weighted by molar-refractivity contribution is 0.0926. The van der Waals surface area contributed by atoms with Crippen molar-refractivity contribution in [1.82, 2.24) is 15.8 Å². The van der Waals surface area contributed by atoms with Gasteiger partial charge in [0, 0.05) is 36.0 Å². The second-order valence-electron chi connectivity index (χ2n) is 10.8. The van der Waals surface area contributed by atoms with Crippen molar-refractivity contribution in [2.75, 3.05) is 6.61 Å². The standard InChI is InChI=1S/C36H36BN5O7/c1-4-7-8-9-11-24-16-27(23-38-20-24)35(44)41-39-21-25-15-26(18-28(17-25)37(46)47)22-40-42-36(45)33-19-31(43)29-12-13-32(48-14-6-3)30(10-5-2)34(29)49-33/h6,12-13,15-23,46-47H,3-5,7-8,10,14H2,1-2H3,(H,41,44)(H,42,45)/b39-21+,40-22+. The van der Waals surface area contributed by atoms with Crippen LogP contribution in [0.2, 0.25) is 0 Å². The van der Waals surface area contributed by atoms with Crippen LogP contribution in [0.4, 0.5) is 0 Å².